The van der Waals surface area contributed by atoms with Crippen molar-refractivity contribution < 1.29 is 29.0 Å². The van der Waals surface area contributed by atoms with E-state index in [4.69, 9.17) is 9.72 Å². The standard InChI is InChI=1S/C54H69N11O6S/c1-34(36-18-20-37(21-19-36)47-35(2)56-33-72-47)57-50(68)43-30-39(66)32-65(43)52(70)48(54(3,4)5)59-46(67)17-11-9-10-14-24-63-25-27-64(28-26-63)38-22-23-41(45(29-38)71-8)58-53-55-31-44-49(60-53)61(6)42-16-13-12-15-40(42)51(69)62(44)7/h12-13,15-16,18-23,29,31,33-34,39,43,48,66H,9-11,14,17,24-28,30,32H2,1-8H3,(H,57,68)(H,59,67)(H,55,58,60)/t34-,39+,43-,48+/m0/s1. The summed E-state index contributed by atoms with van der Waals surface area (Å²) in [5.41, 5.74) is 7.93. The summed E-state index contributed by atoms with van der Waals surface area (Å²) < 4.78 is 5.83. The van der Waals surface area contributed by atoms with Crippen molar-refractivity contribution in [3.8, 4) is 16.2 Å². The van der Waals surface area contributed by atoms with Crippen molar-refractivity contribution in [2.75, 3.05) is 80.5 Å². The number of rotatable bonds is 17. The van der Waals surface area contributed by atoms with E-state index in [1.165, 1.54) is 4.90 Å². The van der Waals surface area contributed by atoms with E-state index in [1.807, 2.05) is 113 Å². The number of aromatic nitrogens is 3. The molecule has 2 saturated heterocycles. The molecule has 5 aromatic rings. The van der Waals surface area contributed by atoms with E-state index in [9.17, 15) is 24.3 Å². The Kier molecular flexibility index (Phi) is 16.1. The van der Waals surface area contributed by atoms with Crippen molar-refractivity contribution in [3.63, 3.8) is 0 Å². The smallest absolute Gasteiger partial charge is 0.260 e. The van der Waals surface area contributed by atoms with Gasteiger partial charge in [0, 0.05) is 71.4 Å². The quantitative estimate of drug-likeness (QED) is 0.0673. The zero-order valence-corrected chi connectivity index (χ0v) is 43.6. The van der Waals surface area contributed by atoms with Crippen LogP contribution < -0.4 is 35.4 Å². The molecule has 3 aliphatic rings. The molecule has 2 aromatic heterocycles. The summed E-state index contributed by atoms with van der Waals surface area (Å²) in [6.07, 6.45) is 4.86. The maximum Gasteiger partial charge on any atom is 0.260 e. The number of carbonyl (C=O) groups excluding carboxylic acids is 4. The van der Waals surface area contributed by atoms with Gasteiger partial charge in [-0.25, -0.2) is 9.97 Å². The molecular formula is C54H69N11O6S. The first-order valence-electron chi connectivity index (χ1n) is 25.0. The highest BCUT2D eigenvalue weighted by Gasteiger charge is 2.45. The number of methoxy groups -OCH3 is 1. The molecule has 3 aromatic carbocycles. The lowest BCUT2D eigenvalue weighted by Gasteiger charge is -2.36. The Morgan fingerprint density at radius 1 is 0.903 bits per heavy atom. The third-order valence-corrected chi connectivity index (χ3v) is 15.1. The number of β-amino-alcohol motifs (C(OH)–C–C–N with tert-alkyl or cyclic N) is 1. The van der Waals surface area contributed by atoms with Crippen LogP contribution in [0.3, 0.4) is 0 Å². The molecule has 0 spiro atoms. The predicted octanol–water partition coefficient (Wildman–Crippen LogP) is 7.46. The molecule has 4 atom stereocenters. The molecule has 17 nitrogen and oxygen atoms in total. The molecule has 0 bridgehead atoms. The molecule has 4 amide bonds. The predicted molar refractivity (Wildman–Crippen MR) is 284 cm³/mol. The second-order valence-corrected chi connectivity index (χ2v) is 21.1. The topological polar surface area (TPSA) is 189 Å². The zero-order valence-electron chi connectivity index (χ0n) is 42.8. The van der Waals surface area contributed by atoms with Gasteiger partial charge in [0.1, 0.15) is 23.5 Å². The van der Waals surface area contributed by atoms with Crippen molar-refractivity contribution in [1.29, 1.82) is 0 Å². The highest BCUT2D eigenvalue weighted by atomic mass is 32.1. The molecule has 3 aliphatic heterocycles. The summed E-state index contributed by atoms with van der Waals surface area (Å²) in [6, 6.07) is 19.6. The largest absolute Gasteiger partial charge is 0.494 e. The number of ether oxygens (including phenoxy) is 1. The average molecular weight is 1000 g/mol. The third-order valence-electron chi connectivity index (χ3n) is 14.1. The number of nitrogens with zero attached hydrogens (tertiary/aromatic N) is 8. The number of aliphatic hydroxyl groups is 1. The van der Waals surface area contributed by atoms with Crippen LogP contribution in [0.15, 0.2) is 78.4 Å². The number of fused-ring (bicyclic) bond motifs is 2. The number of anilines is 6. The number of nitrogens with one attached hydrogen (secondary N) is 3. The lowest BCUT2D eigenvalue weighted by atomic mass is 9.85. The number of aliphatic hydroxyl groups excluding tert-OH is 1. The fraction of sp³-hybridized carbons (Fsp3) is 0.463. The highest BCUT2D eigenvalue weighted by Crippen LogP contribution is 2.39. The number of likely N-dealkylation sites (tertiary alicyclic amines) is 1. The highest BCUT2D eigenvalue weighted by molar-refractivity contribution is 7.13. The van der Waals surface area contributed by atoms with Gasteiger partial charge in [-0.05, 0) is 74.0 Å². The average Bonchev–Trinajstić information content (AvgIpc) is 3.99. The van der Waals surface area contributed by atoms with E-state index in [0.29, 0.717) is 41.6 Å². The van der Waals surface area contributed by atoms with Crippen LogP contribution in [0.2, 0.25) is 0 Å². The van der Waals surface area contributed by atoms with E-state index >= 15 is 0 Å². The van der Waals surface area contributed by atoms with Crippen molar-refractivity contribution in [2.45, 2.75) is 97.4 Å². The van der Waals surface area contributed by atoms with Gasteiger partial charge >= 0.3 is 0 Å². The Balaban J connectivity index is 0.760. The molecule has 0 unspecified atom stereocenters. The van der Waals surface area contributed by atoms with E-state index in [0.717, 1.165) is 90.7 Å². The Hall–Kier alpha value is -6.63. The molecule has 0 aliphatic carbocycles. The third kappa shape index (κ3) is 11.7. The first kappa shape index (κ1) is 51.7. The van der Waals surface area contributed by atoms with Gasteiger partial charge in [-0.15, -0.1) is 11.3 Å². The van der Waals surface area contributed by atoms with Gasteiger partial charge in [0.2, 0.25) is 23.7 Å². The molecule has 4 N–H and O–H groups in total. The fourth-order valence-electron chi connectivity index (χ4n) is 9.81. The number of hydrogen-bond donors (Lipinski definition) is 4. The van der Waals surface area contributed by atoms with Crippen LogP contribution >= 0.6 is 11.3 Å². The summed E-state index contributed by atoms with van der Waals surface area (Å²) in [4.78, 5) is 79.1. The molecule has 0 saturated carbocycles. The lowest BCUT2D eigenvalue weighted by molar-refractivity contribution is -0.144. The van der Waals surface area contributed by atoms with Crippen LogP contribution in [0.5, 0.6) is 5.75 Å². The number of benzene rings is 3. The summed E-state index contributed by atoms with van der Waals surface area (Å²) in [6.45, 7) is 14.2. The molecule has 72 heavy (non-hydrogen) atoms. The Morgan fingerprint density at radius 3 is 2.35 bits per heavy atom. The SMILES string of the molecule is COc1cc(N2CCN(CCCCCCC(=O)N[C@H](C(=O)N3C[C@H](O)C[C@H]3C(=O)N[C@@H](C)c3ccc(-c4scnc4C)cc3)C(C)(C)C)CC2)ccc1Nc1ncc2c(n1)N(C)c1ccccc1C(=O)N2C. The zero-order chi connectivity index (χ0) is 51.3. The summed E-state index contributed by atoms with van der Waals surface area (Å²) in [5.74, 6) is 0.647. The first-order chi connectivity index (χ1) is 34.5. The number of carbonyl (C=O) groups is 4. The van der Waals surface area contributed by atoms with E-state index in [-0.39, 0.29) is 42.6 Å². The van der Waals surface area contributed by atoms with Crippen molar-refractivity contribution >= 4 is 69.5 Å². The summed E-state index contributed by atoms with van der Waals surface area (Å²) >= 11 is 1.59. The van der Waals surface area contributed by atoms with Gasteiger partial charge in [-0.3, -0.25) is 24.1 Å². The van der Waals surface area contributed by atoms with Gasteiger partial charge in [0.25, 0.3) is 5.91 Å². The molecule has 2 fully saturated rings. The molecule has 5 heterocycles. The number of thiazole rings is 1. The van der Waals surface area contributed by atoms with Gasteiger partial charge in [-0.1, -0.05) is 70.0 Å². The number of amides is 4. The van der Waals surface area contributed by atoms with Gasteiger partial charge in [-0.2, -0.15) is 4.98 Å². The van der Waals surface area contributed by atoms with Gasteiger partial charge in [0.05, 0.1) is 58.5 Å². The van der Waals surface area contributed by atoms with Crippen LogP contribution in [0.4, 0.5) is 34.5 Å². The molecule has 8 rings (SSSR count). The van der Waals surface area contributed by atoms with Crippen LogP contribution in [0, 0.1) is 12.3 Å². The number of para-hydroxylation sites is 1. The van der Waals surface area contributed by atoms with E-state index in [1.54, 1.807) is 36.6 Å². The van der Waals surface area contributed by atoms with Crippen molar-refractivity contribution in [1.82, 2.24) is 35.4 Å². The second kappa shape index (κ2) is 22.4. The maximum atomic E-state index is 14.2. The number of hydrogen-bond acceptors (Lipinski definition) is 14. The number of piperazine rings is 1. The minimum absolute atomic E-state index is 0.0262. The van der Waals surface area contributed by atoms with Crippen LogP contribution in [-0.2, 0) is 14.4 Å². The van der Waals surface area contributed by atoms with Crippen molar-refractivity contribution in [2.24, 2.45) is 5.41 Å². The fourth-order valence-corrected chi connectivity index (χ4v) is 10.6. The van der Waals surface area contributed by atoms with Crippen LogP contribution in [0.1, 0.15) is 93.9 Å². The molecular weight excluding hydrogens is 931 g/mol. The van der Waals surface area contributed by atoms with E-state index < -0.39 is 23.6 Å². The van der Waals surface area contributed by atoms with E-state index in [2.05, 4.69) is 41.8 Å². The Bertz CT molecular complexity index is 2740. The minimum Gasteiger partial charge on any atom is -0.494 e. The normalized spacial score (nSPS) is 18.0. The molecule has 0 radical (unpaired) electrons. The minimum atomic E-state index is -0.862. The summed E-state index contributed by atoms with van der Waals surface area (Å²) in [5, 5.41) is 20.1. The molecule has 382 valence electrons. The summed E-state index contributed by atoms with van der Waals surface area (Å²) in [7, 11) is 5.28. The van der Waals surface area contributed by atoms with Gasteiger partial charge in [0.15, 0.2) is 5.82 Å². The second-order valence-electron chi connectivity index (χ2n) is 20.2. The lowest BCUT2D eigenvalue weighted by Crippen LogP contribution is -2.57. The first-order valence-corrected chi connectivity index (χ1v) is 25.9. The Morgan fingerprint density at radius 2 is 1.64 bits per heavy atom. The monoisotopic (exact) mass is 1000 g/mol. The van der Waals surface area contributed by atoms with Gasteiger partial charge < -0.3 is 45.4 Å². The molecule has 18 heteroatoms. The maximum absolute atomic E-state index is 14.2. The van der Waals surface area contributed by atoms with Crippen LogP contribution in [-0.4, -0.2) is 132 Å². The van der Waals surface area contributed by atoms with Crippen molar-refractivity contribution in [3.05, 3.63) is 95.3 Å². The van der Waals surface area contributed by atoms with Crippen LogP contribution in [0.25, 0.3) is 10.4 Å². The number of aryl methyl sites for hydroxylation is 1. The Labute approximate surface area is 427 Å². The number of unbranched alkanes of at least 4 members (excludes halogenated alkanes) is 3.